The van der Waals surface area contributed by atoms with Crippen molar-refractivity contribution in [3.63, 3.8) is 0 Å². The third kappa shape index (κ3) is 5.05. The molecule has 0 amide bonds. The molecule has 12 saturated carbocycles. The van der Waals surface area contributed by atoms with Gasteiger partial charge in [-0.25, -0.2) is 0 Å². The fraction of sp³-hybridized carbons (Fsp3) is 0.654. The Morgan fingerprint density at radius 3 is 0.764 bits per heavy atom. The highest BCUT2D eigenvalue weighted by Gasteiger charge is 2.56. The number of phenols is 3. The highest BCUT2D eigenvalue weighted by Crippen LogP contribution is 2.66. The lowest BCUT2D eigenvalue weighted by Crippen LogP contribution is -2.48. The molecule has 3 nitrogen and oxygen atoms in total. The minimum atomic E-state index is -0.465. The molecule has 15 rings (SSSR count). The molecule has 12 aliphatic rings. The van der Waals surface area contributed by atoms with Crippen molar-refractivity contribution in [2.45, 2.75) is 159 Å². The van der Waals surface area contributed by atoms with Gasteiger partial charge in [-0.3, -0.25) is 0 Å². The molecule has 0 spiro atoms. The minimum Gasteiger partial charge on any atom is -0.507 e. The van der Waals surface area contributed by atoms with Crippen LogP contribution in [0.1, 0.15) is 172 Å². The third-order valence-corrected chi connectivity index (χ3v) is 18.6. The van der Waals surface area contributed by atoms with Crippen LogP contribution in [-0.4, -0.2) is 15.3 Å². The maximum absolute atomic E-state index is 13.0. The molecule has 0 aliphatic heterocycles. The number of hydrogen-bond acceptors (Lipinski definition) is 3. The second-order valence-corrected chi connectivity index (χ2v) is 22.8. The summed E-state index contributed by atoms with van der Waals surface area (Å²) in [4.78, 5) is 0. The van der Waals surface area contributed by atoms with Crippen molar-refractivity contribution in [3.05, 3.63) is 86.5 Å². The molecule has 0 radical (unpaired) electrons. The van der Waals surface area contributed by atoms with Gasteiger partial charge in [0.25, 0.3) is 0 Å². The normalized spacial score (nSPS) is 42.1. The van der Waals surface area contributed by atoms with Gasteiger partial charge in [-0.05, 0) is 206 Å². The zero-order valence-corrected chi connectivity index (χ0v) is 33.8. The first-order chi connectivity index (χ1) is 26.4. The highest BCUT2D eigenvalue weighted by atomic mass is 16.3. The lowest BCUT2D eigenvalue weighted by atomic mass is 9.47. The van der Waals surface area contributed by atoms with Gasteiger partial charge in [-0.2, -0.15) is 0 Å². The molecule has 3 heteroatoms. The van der Waals surface area contributed by atoms with E-state index in [0.717, 1.165) is 86.6 Å². The lowest BCUT2D eigenvalue weighted by Gasteiger charge is -2.57. The Balaban J connectivity index is 1.07. The highest BCUT2D eigenvalue weighted by molar-refractivity contribution is 5.64. The summed E-state index contributed by atoms with van der Waals surface area (Å²) in [6.45, 7) is 6.66. The van der Waals surface area contributed by atoms with E-state index in [1.807, 2.05) is 0 Å². The summed E-state index contributed by atoms with van der Waals surface area (Å²) in [6, 6.07) is 13.7. The molecule has 55 heavy (non-hydrogen) atoms. The molecule has 0 unspecified atom stereocenters. The lowest BCUT2D eigenvalue weighted by molar-refractivity contribution is -0.00628. The van der Waals surface area contributed by atoms with E-state index in [1.54, 1.807) is 0 Å². The molecular weight excluding hydrogens is 673 g/mol. The average molecular weight is 737 g/mol. The summed E-state index contributed by atoms with van der Waals surface area (Å²) in [6.07, 6.45) is 23.1. The van der Waals surface area contributed by atoms with Gasteiger partial charge in [0.05, 0.1) is 0 Å². The molecular formula is C52H64O3. The van der Waals surface area contributed by atoms with Crippen LogP contribution in [0.15, 0.2) is 36.4 Å². The van der Waals surface area contributed by atoms with E-state index in [1.165, 1.54) is 132 Å². The molecule has 12 bridgehead atoms. The average Bonchev–Trinajstić information content (AvgIpc) is 3.10. The predicted octanol–water partition coefficient (Wildman–Crippen LogP) is 12.3. The Kier molecular flexibility index (Phi) is 7.19. The number of aryl methyl sites for hydroxylation is 3. The summed E-state index contributed by atoms with van der Waals surface area (Å²) in [5.41, 5.74) is 9.80. The van der Waals surface area contributed by atoms with Gasteiger partial charge in [-0.15, -0.1) is 0 Å². The van der Waals surface area contributed by atoms with Gasteiger partial charge in [-0.1, -0.05) is 53.1 Å². The monoisotopic (exact) mass is 736 g/mol. The maximum atomic E-state index is 13.0. The number of hydrogen-bond donors (Lipinski definition) is 3. The summed E-state index contributed by atoms with van der Waals surface area (Å²) >= 11 is 0. The molecule has 290 valence electrons. The van der Waals surface area contributed by atoms with Crippen molar-refractivity contribution in [3.8, 4) is 17.2 Å². The zero-order chi connectivity index (χ0) is 37.2. The molecule has 3 N–H and O–H groups in total. The van der Waals surface area contributed by atoms with Crippen molar-refractivity contribution >= 4 is 0 Å². The largest absolute Gasteiger partial charge is 0.507 e. The zero-order valence-electron chi connectivity index (χ0n) is 33.8. The molecule has 3 aromatic carbocycles. The van der Waals surface area contributed by atoms with Crippen LogP contribution in [0.4, 0.5) is 0 Å². The van der Waals surface area contributed by atoms with Crippen LogP contribution in [0.2, 0.25) is 0 Å². The van der Waals surface area contributed by atoms with Crippen LogP contribution >= 0.6 is 0 Å². The van der Waals surface area contributed by atoms with Crippen molar-refractivity contribution in [1.29, 1.82) is 0 Å². The number of phenolic OH excluding ortho intramolecular Hbond substituents is 3. The summed E-state index contributed by atoms with van der Waals surface area (Å²) in [5, 5.41) is 39.1. The quantitative estimate of drug-likeness (QED) is 0.221. The summed E-state index contributed by atoms with van der Waals surface area (Å²) < 4.78 is 0. The van der Waals surface area contributed by atoms with Gasteiger partial charge in [0.1, 0.15) is 17.2 Å². The standard InChI is InChI=1S/C52H64O3/c1-28-4-40(47(53)43(7-28)50-19-31-10-32(20-50)12-33(11-31)21-50)46(41-5-29(2)8-44(48(41)54)51-22-34-13-35(23-51)15-36(14-34)24-51)42-6-30(3)9-45(49(42)55)52-25-37-16-38(26-52)18-39(17-37)27-52/h4-9,31-39,46,53-55H,10-27H2,1-3H3. The van der Waals surface area contributed by atoms with Crippen LogP contribution in [0.3, 0.4) is 0 Å². The number of rotatable bonds is 6. The van der Waals surface area contributed by atoms with Gasteiger partial charge >= 0.3 is 0 Å². The van der Waals surface area contributed by atoms with Crippen LogP contribution in [0.5, 0.6) is 17.2 Å². The molecule has 0 saturated heterocycles. The molecule has 3 aromatic rings. The Labute approximate surface area is 329 Å². The van der Waals surface area contributed by atoms with E-state index in [4.69, 9.17) is 0 Å². The number of aromatic hydroxyl groups is 3. The fourth-order valence-corrected chi connectivity index (χ4v) is 18.1. The molecule has 0 atom stereocenters. The SMILES string of the molecule is Cc1cc(C(c2cc(C)cc(C34CC5CC(CC(C5)C3)C4)c2O)c2cc(C)cc(C34CC5CC(CC(C5)C3)C4)c2O)c(O)c(C23CC4CC(CC(C4)C2)C3)c1. The first-order valence-electron chi connectivity index (χ1n) is 23.0. The van der Waals surface area contributed by atoms with E-state index < -0.39 is 5.92 Å². The maximum Gasteiger partial charge on any atom is 0.123 e. The Bertz CT molecular complexity index is 1760. The Morgan fingerprint density at radius 1 is 0.364 bits per heavy atom. The molecule has 0 heterocycles. The first kappa shape index (κ1) is 34.1. The van der Waals surface area contributed by atoms with E-state index in [2.05, 4.69) is 57.2 Å². The third-order valence-electron chi connectivity index (χ3n) is 18.6. The minimum absolute atomic E-state index is 0.0299. The Hall–Kier alpha value is -2.94. The second kappa shape index (κ2) is 11.6. The van der Waals surface area contributed by atoms with Gasteiger partial charge in [0.2, 0.25) is 0 Å². The van der Waals surface area contributed by atoms with Crippen LogP contribution in [0.25, 0.3) is 0 Å². The van der Waals surface area contributed by atoms with Gasteiger partial charge in [0.15, 0.2) is 0 Å². The Morgan fingerprint density at radius 2 is 0.564 bits per heavy atom. The van der Waals surface area contributed by atoms with Crippen LogP contribution in [0, 0.1) is 74.0 Å². The molecule has 12 aliphatic carbocycles. The van der Waals surface area contributed by atoms with Crippen molar-refractivity contribution in [2.24, 2.45) is 53.3 Å². The van der Waals surface area contributed by atoms with E-state index in [-0.39, 0.29) is 16.2 Å². The van der Waals surface area contributed by atoms with Crippen molar-refractivity contribution < 1.29 is 15.3 Å². The fourth-order valence-electron chi connectivity index (χ4n) is 18.1. The van der Waals surface area contributed by atoms with Crippen LogP contribution < -0.4 is 0 Å². The van der Waals surface area contributed by atoms with Gasteiger partial charge in [0, 0.05) is 39.3 Å². The number of benzene rings is 3. The van der Waals surface area contributed by atoms with Gasteiger partial charge < -0.3 is 15.3 Å². The van der Waals surface area contributed by atoms with Crippen molar-refractivity contribution in [2.75, 3.05) is 0 Å². The van der Waals surface area contributed by atoms with E-state index in [0.29, 0.717) is 17.2 Å². The topological polar surface area (TPSA) is 60.7 Å². The van der Waals surface area contributed by atoms with E-state index in [9.17, 15) is 15.3 Å². The summed E-state index contributed by atoms with van der Waals surface area (Å²) in [7, 11) is 0. The smallest absolute Gasteiger partial charge is 0.123 e. The predicted molar refractivity (Wildman–Crippen MR) is 219 cm³/mol. The molecule has 12 fully saturated rings. The molecule has 0 aromatic heterocycles. The first-order valence-corrected chi connectivity index (χ1v) is 23.0. The van der Waals surface area contributed by atoms with Crippen molar-refractivity contribution in [1.82, 2.24) is 0 Å². The second-order valence-electron chi connectivity index (χ2n) is 22.8. The summed E-state index contributed by atoms with van der Waals surface area (Å²) in [5.74, 6) is 7.83. The van der Waals surface area contributed by atoms with Crippen LogP contribution in [-0.2, 0) is 16.2 Å². The van der Waals surface area contributed by atoms with E-state index >= 15 is 0 Å².